The summed E-state index contributed by atoms with van der Waals surface area (Å²) in [6.45, 7) is 12.8. The van der Waals surface area contributed by atoms with Crippen LogP contribution in [0.3, 0.4) is 0 Å². The first-order valence-corrected chi connectivity index (χ1v) is 7.53. The van der Waals surface area contributed by atoms with Crippen molar-refractivity contribution in [3.8, 4) is 0 Å². The minimum Gasteiger partial charge on any atom is -0.316 e. The Balaban J connectivity index is 2.04. The van der Waals surface area contributed by atoms with Crippen LogP contribution in [0.2, 0.25) is 0 Å². The summed E-state index contributed by atoms with van der Waals surface area (Å²) >= 11 is 0. The summed E-state index contributed by atoms with van der Waals surface area (Å²) in [6, 6.07) is 0.867. The van der Waals surface area contributed by atoms with Gasteiger partial charge in [-0.1, -0.05) is 27.7 Å². The van der Waals surface area contributed by atoms with E-state index < -0.39 is 0 Å². The molecule has 1 atom stereocenters. The smallest absolute Gasteiger partial charge is 0.00682 e. The average molecular weight is 240 g/mol. The van der Waals surface area contributed by atoms with Crippen molar-refractivity contribution < 1.29 is 0 Å². The minimum atomic E-state index is 0.763. The van der Waals surface area contributed by atoms with Crippen molar-refractivity contribution in [2.24, 2.45) is 17.8 Å². The fourth-order valence-electron chi connectivity index (χ4n) is 2.19. The van der Waals surface area contributed by atoms with Crippen LogP contribution in [0.5, 0.6) is 0 Å². The topological polar surface area (TPSA) is 24.1 Å². The highest BCUT2D eigenvalue weighted by Crippen LogP contribution is 2.20. The van der Waals surface area contributed by atoms with E-state index in [9.17, 15) is 0 Å². The molecule has 0 aliphatic heterocycles. The van der Waals surface area contributed by atoms with Gasteiger partial charge in [0.15, 0.2) is 0 Å². The molecule has 0 aromatic heterocycles. The first-order chi connectivity index (χ1) is 8.09. The first kappa shape index (κ1) is 15.0. The molecule has 0 spiro atoms. The third-order valence-electron chi connectivity index (χ3n) is 3.66. The van der Waals surface area contributed by atoms with Gasteiger partial charge in [0.05, 0.1) is 0 Å². The summed E-state index contributed by atoms with van der Waals surface area (Å²) in [6.07, 6.45) is 5.51. The van der Waals surface area contributed by atoms with E-state index in [4.69, 9.17) is 0 Å². The van der Waals surface area contributed by atoms with Crippen LogP contribution >= 0.6 is 0 Å². The summed E-state index contributed by atoms with van der Waals surface area (Å²) in [4.78, 5) is 0. The van der Waals surface area contributed by atoms with Gasteiger partial charge in [-0.15, -0.1) is 0 Å². The number of hydrogen-bond donors (Lipinski definition) is 2. The van der Waals surface area contributed by atoms with Gasteiger partial charge in [0, 0.05) is 6.04 Å². The molecule has 0 saturated heterocycles. The highest BCUT2D eigenvalue weighted by Gasteiger charge is 2.20. The SMILES string of the molecule is CC(C)CNCC(CCCNC1CC1)C(C)C. The van der Waals surface area contributed by atoms with Crippen LogP contribution in [0.4, 0.5) is 0 Å². The van der Waals surface area contributed by atoms with Crippen LogP contribution in [-0.4, -0.2) is 25.7 Å². The molecule has 1 aliphatic carbocycles. The zero-order valence-corrected chi connectivity index (χ0v) is 12.3. The molecule has 1 aliphatic rings. The Morgan fingerprint density at radius 3 is 2.29 bits per heavy atom. The molecule has 1 rings (SSSR count). The van der Waals surface area contributed by atoms with Gasteiger partial charge in [-0.25, -0.2) is 0 Å². The van der Waals surface area contributed by atoms with E-state index in [0.29, 0.717) is 0 Å². The molecule has 1 unspecified atom stereocenters. The highest BCUT2D eigenvalue weighted by molar-refractivity contribution is 4.80. The van der Waals surface area contributed by atoms with Crippen LogP contribution < -0.4 is 10.6 Å². The molecule has 0 bridgehead atoms. The number of hydrogen-bond acceptors (Lipinski definition) is 2. The molecule has 1 saturated carbocycles. The Hall–Kier alpha value is -0.0800. The number of rotatable bonds is 10. The van der Waals surface area contributed by atoms with Crippen LogP contribution in [0.15, 0.2) is 0 Å². The van der Waals surface area contributed by atoms with E-state index in [1.807, 2.05) is 0 Å². The van der Waals surface area contributed by atoms with Gasteiger partial charge >= 0.3 is 0 Å². The minimum absolute atomic E-state index is 0.763. The second-order valence-electron chi connectivity index (χ2n) is 6.43. The van der Waals surface area contributed by atoms with E-state index in [1.54, 1.807) is 0 Å². The van der Waals surface area contributed by atoms with E-state index >= 15 is 0 Å². The first-order valence-electron chi connectivity index (χ1n) is 7.53. The molecule has 0 heterocycles. The monoisotopic (exact) mass is 240 g/mol. The molecule has 2 nitrogen and oxygen atoms in total. The number of nitrogens with one attached hydrogen (secondary N) is 2. The van der Waals surface area contributed by atoms with Crippen molar-refractivity contribution in [3.63, 3.8) is 0 Å². The Morgan fingerprint density at radius 2 is 1.76 bits per heavy atom. The third kappa shape index (κ3) is 7.77. The average Bonchev–Trinajstić information content (AvgIpc) is 3.04. The van der Waals surface area contributed by atoms with Gasteiger partial charge in [-0.05, 0) is 63.1 Å². The molecule has 0 aromatic rings. The third-order valence-corrected chi connectivity index (χ3v) is 3.66. The van der Waals surface area contributed by atoms with Gasteiger partial charge < -0.3 is 10.6 Å². The molecular formula is C15H32N2. The summed E-state index contributed by atoms with van der Waals surface area (Å²) < 4.78 is 0. The normalized spacial score (nSPS) is 18.0. The second kappa shape index (κ2) is 8.10. The van der Waals surface area contributed by atoms with Gasteiger partial charge in [-0.3, -0.25) is 0 Å². The molecule has 2 heteroatoms. The molecule has 1 fully saturated rings. The molecule has 0 aromatic carbocycles. The Morgan fingerprint density at radius 1 is 1.06 bits per heavy atom. The maximum atomic E-state index is 3.61. The lowest BCUT2D eigenvalue weighted by molar-refractivity contribution is 0.325. The highest BCUT2D eigenvalue weighted by atomic mass is 14.9. The van der Waals surface area contributed by atoms with Gasteiger partial charge in [0.2, 0.25) is 0 Å². The van der Waals surface area contributed by atoms with E-state index in [1.165, 1.54) is 38.8 Å². The van der Waals surface area contributed by atoms with Crippen LogP contribution in [-0.2, 0) is 0 Å². The van der Waals surface area contributed by atoms with Crippen molar-refractivity contribution >= 4 is 0 Å². The second-order valence-corrected chi connectivity index (χ2v) is 6.43. The van der Waals surface area contributed by atoms with Crippen LogP contribution in [0.25, 0.3) is 0 Å². The maximum absolute atomic E-state index is 3.61. The van der Waals surface area contributed by atoms with Crippen molar-refractivity contribution in [1.82, 2.24) is 10.6 Å². The quantitative estimate of drug-likeness (QED) is 0.574. The predicted molar refractivity (Wildman–Crippen MR) is 76.3 cm³/mol. The van der Waals surface area contributed by atoms with Crippen molar-refractivity contribution in [2.75, 3.05) is 19.6 Å². The largest absolute Gasteiger partial charge is 0.316 e. The molecule has 102 valence electrons. The lowest BCUT2D eigenvalue weighted by Crippen LogP contribution is -2.29. The van der Waals surface area contributed by atoms with Gasteiger partial charge in [-0.2, -0.15) is 0 Å². The lowest BCUT2D eigenvalue weighted by Gasteiger charge is -2.22. The predicted octanol–water partition coefficient (Wildman–Crippen LogP) is 3.04. The zero-order valence-electron chi connectivity index (χ0n) is 12.3. The molecular weight excluding hydrogens is 208 g/mol. The zero-order chi connectivity index (χ0) is 12.7. The Labute approximate surface area is 108 Å². The standard InChI is InChI=1S/C15H32N2/c1-12(2)10-16-11-14(13(3)4)6-5-9-17-15-7-8-15/h12-17H,5-11H2,1-4H3. The Bertz CT molecular complexity index is 185. The lowest BCUT2D eigenvalue weighted by atomic mass is 9.91. The van der Waals surface area contributed by atoms with E-state index in [2.05, 4.69) is 38.3 Å². The molecule has 17 heavy (non-hydrogen) atoms. The van der Waals surface area contributed by atoms with Crippen molar-refractivity contribution in [3.05, 3.63) is 0 Å². The van der Waals surface area contributed by atoms with Crippen molar-refractivity contribution in [1.29, 1.82) is 0 Å². The van der Waals surface area contributed by atoms with E-state index in [0.717, 1.165) is 30.3 Å². The summed E-state index contributed by atoms with van der Waals surface area (Å²) in [5.74, 6) is 2.41. The summed E-state index contributed by atoms with van der Waals surface area (Å²) in [5, 5.41) is 7.21. The molecule has 0 amide bonds. The summed E-state index contributed by atoms with van der Waals surface area (Å²) in [5.41, 5.74) is 0. The van der Waals surface area contributed by atoms with Gasteiger partial charge in [0.1, 0.15) is 0 Å². The fraction of sp³-hybridized carbons (Fsp3) is 1.00. The molecule has 0 radical (unpaired) electrons. The van der Waals surface area contributed by atoms with Crippen LogP contribution in [0, 0.1) is 17.8 Å². The fourth-order valence-corrected chi connectivity index (χ4v) is 2.19. The molecule has 2 N–H and O–H groups in total. The Kier molecular flexibility index (Phi) is 7.14. The maximum Gasteiger partial charge on any atom is 0.00682 e. The van der Waals surface area contributed by atoms with E-state index in [-0.39, 0.29) is 0 Å². The van der Waals surface area contributed by atoms with Crippen LogP contribution in [0.1, 0.15) is 53.4 Å². The van der Waals surface area contributed by atoms with Gasteiger partial charge in [0.25, 0.3) is 0 Å². The van der Waals surface area contributed by atoms with Crippen molar-refractivity contribution in [2.45, 2.75) is 59.4 Å². The summed E-state index contributed by atoms with van der Waals surface area (Å²) in [7, 11) is 0.